The van der Waals surface area contributed by atoms with E-state index in [-0.39, 0.29) is 5.92 Å². The zero-order chi connectivity index (χ0) is 13.0. The molecule has 18 heavy (non-hydrogen) atoms. The number of carbonyl (C=O) groups excluding carboxylic acids is 1. The lowest BCUT2D eigenvalue weighted by Gasteiger charge is -2.29. The predicted octanol–water partition coefficient (Wildman–Crippen LogP) is 2.41. The van der Waals surface area contributed by atoms with E-state index in [1.807, 2.05) is 0 Å². The van der Waals surface area contributed by atoms with Crippen LogP contribution < -0.4 is 5.32 Å². The number of nitrogens with zero attached hydrogens (tertiary/aromatic N) is 1. The summed E-state index contributed by atoms with van der Waals surface area (Å²) < 4.78 is 0. The van der Waals surface area contributed by atoms with Gasteiger partial charge in [0.1, 0.15) is 0 Å². The van der Waals surface area contributed by atoms with E-state index in [2.05, 4.69) is 24.1 Å². The van der Waals surface area contributed by atoms with E-state index in [9.17, 15) is 4.79 Å². The fourth-order valence-electron chi connectivity index (χ4n) is 2.94. The third-order valence-corrected chi connectivity index (χ3v) is 4.43. The molecule has 1 saturated carbocycles. The van der Waals surface area contributed by atoms with Crippen molar-refractivity contribution in [2.24, 2.45) is 11.8 Å². The first-order chi connectivity index (χ1) is 8.74. The zero-order valence-corrected chi connectivity index (χ0v) is 12.0. The van der Waals surface area contributed by atoms with Gasteiger partial charge >= 0.3 is 0 Å². The third kappa shape index (κ3) is 3.71. The molecule has 104 valence electrons. The Morgan fingerprint density at radius 1 is 1.22 bits per heavy atom. The number of hydrogen-bond acceptors (Lipinski definition) is 2. The topological polar surface area (TPSA) is 32.3 Å². The van der Waals surface area contributed by atoms with Crippen molar-refractivity contribution in [1.82, 2.24) is 10.2 Å². The lowest BCUT2D eigenvalue weighted by Crippen LogP contribution is -2.44. The molecule has 1 unspecified atom stereocenters. The van der Waals surface area contributed by atoms with Gasteiger partial charge in [-0.25, -0.2) is 0 Å². The molecule has 1 atom stereocenters. The van der Waals surface area contributed by atoms with Crippen LogP contribution in [0.1, 0.15) is 52.4 Å². The minimum atomic E-state index is 0.241. The van der Waals surface area contributed by atoms with E-state index in [1.165, 1.54) is 25.7 Å². The molecule has 0 spiro atoms. The molecule has 1 heterocycles. The standard InChI is InChI=1S/C15H28N2O/c1-3-13(4-2)15(18)17(10-12-7-8-12)11-14-6-5-9-16-14/h12-14,16H,3-11H2,1-2H3. The van der Waals surface area contributed by atoms with Gasteiger partial charge in [0.2, 0.25) is 5.91 Å². The fourth-order valence-corrected chi connectivity index (χ4v) is 2.94. The molecule has 0 radical (unpaired) electrons. The highest BCUT2D eigenvalue weighted by molar-refractivity contribution is 5.78. The van der Waals surface area contributed by atoms with Gasteiger partial charge in [-0.2, -0.15) is 0 Å². The maximum absolute atomic E-state index is 12.6. The molecule has 1 saturated heterocycles. The molecule has 2 rings (SSSR count). The van der Waals surface area contributed by atoms with Gasteiger partial charge in [-0.15, -0.1) is 0 Å². The highest BCUT2D eigenvalue weighted by Crippen LogP contribution is 2.30. The molecule has 0 aromatic heterocycles. The van der Waals surface area contributed by atoms with Crippen LogP contribution in [0, 0.1) is 11.8 Å². The highest BCUT2D eigenvalue weighted by Gasteiger charge is 2.31. The molecular formula is C15H28N2O. The summed E-state index contributed by atoms with van der Waals surface area (Å²) in [5.41, 5.74) is 0. The van der Waals surface area contributed by atoms with Gasteiger partial charge in [0, 0.05) is 25.0 Å². The summed E-state index contributed by atoms with van der Waals surface area (Å²) in [4.78, 5) is 14.7. The molecule has 3 heteroatoms. The molecule has 1 N–H and O–H groups in total. The minimum Gasteiger partial charge on any atom is -0.341 e. The normalized spacial score (nSPS) is 23.6. The van der Waals surface area contributed by atoms with Gasteiger partial charge < -0.3 is 10.2 Å². The molecule has 1 aliphatic carbocycles. The van der Waals surface area contributed by atoms with Crippen molar-refractivity contribution in [1.29, 1.82) is 0 Å². The molecule has 1 amide bonds. The van der Waals surface area contributed by atoms with E-state index >= 15 is 0 Å². The van der Waals surface area contributed by atoms with Crippen LogP contribution in [0.3, 0.4) is 0 Å². The number of hydrogen-bond donors (Lipinski definition) is 1. The Bertz CT molecular complexity index is 266. The van der Waals surface area contributed by atoms with E-state index in [0.717, 1.165) is 38.4 Å². The van der Waals surface area contributed by atoms with Crippen molar-refractivity contribution in [2.75, 3.05) is 19.6 Å². The second-order valence-electron chi connectivity index (χ2n) is 5.99. The van der Waals surface area contributed by atoms with Crippen LogP contribution >= 0.6 is 0 Å². The Balaban J connectivity index is 1.91. The van der Waals surface area contributed by atoms with Crippen molar-refractivity contribution in [2.45, 2.75) is 58.4 Å². The van der Waals surface area contributed by atoms with Crippen LogP contribution in [0.2, 0.25) is 0 Å². The first kappa shape index (κ1) is 13.9. The van der Waals surface area contributed by atoms with Gasteiger partial charge in [-0.05, 0) is 51.0 Å². The minimum absolute atomic E-state index is 0.241. The summed E-state index contributed by atoms with van der Waals surface area (Å²) >= 11 is 0. The summed E-state index contributed by atoms with van der Waals surface area (Å²) in [6.45, 7) is 7.34. The Kier molecular flexibility index (Phi) is 5.04. The van der Waals surface area contributed by atoms with Crippen LogP contribution in [-0.2, 0) is 4.79 Å². The Labute approximate surface area is 111 Å². The van der Waals surface area contributed by atoms with Gasteiger partial charge in [0.05, 0.1) is 0 Å². The van der Waals surface area contributed by atoms with Crippen molar-refractivity contribution in [3.8, 4) is 0 Å². The van der Waals surface area contributed by atoms with E-state index in [0.29, 0.717) is 11.9 Å². The SMILES string of the molecule is CCC(CC)C(=O)N(CC1CC1)CC1CCCN1. The summed E-state index contributed by atoms with van der Waals surface area (Å²) in [7, 11) is 0. The molecule has 3 nitrogen and oxygen atoms in total. The molecule has 0 aromatic rings. The first-order valence-electron chi connectivity index (χ1n) is 7.76. The largest absolute Gasteiger partial charge is 0.341 e. The monoisotopic (exact) mass is 252 g/mol. The van der Waals surface area contributed by atoms with Crippen molar-refractivity contribution in [3.63, 3.8) is 0 Å². The van der Waals surface area contributed by atoms with E-state index in [4.69, 9.17) is 0 Å². The summed E-state index contributed by atoms with van der Waals surface area (Å²) in [6, 6.07) is 0.544. The van der Waals surface area contributed by atoms with Crippen LogP contribution in [0.5, 0.6) is 0 Å². The smallest absolute Gasteiger partial charge is 0.225 e. The first-order valence-corrected chi connectivity index (χ1v) is 7.76. The number of rotatable bonds is 7. The molecule has 1 aliphatic heterocycles. The Morgan fingerprint density at radius 2 is 1.94 bits per heavy atom. The van der Waals surface area contributed by atoms with Gasteiger partial charge in [0.15, 0.2) is 0 Å². The van der Waals surface area contributed by atoms with Crippen LogP contribution in [0.4, 0.5) is 0 Å². The summed E-state index contributed by atoms with van der Waals surface area (Å²) in [6.07, 6.45) is 7.11. The van der Waals surface area contributed by atoms with Crippen molar-refractivity contribution in [3.05, 3.63) is 0 Å². The van der Waals surface area contributed by atoms with E-state index in [1.54, 1.807) is 0 Å². The van der Waals surface area contributed by atoms with Gasteiger partial charge in [0.25, 0.3) is 0 Å². The zero-order valence-electron chi connectivity index (χ0n) is 12.0. The van der Waals surface area contributed by atoms with Crippen LogP contribution in [0.25, 0.3) is 0 Å². The second-order valence-corrected chi connectivity index (χ2v) is 5.99. The lowest BCUT2D eigenvalue weighted by atomic mass is 10.0. The predicted molar refractivity (Wildman–Crippen MR) is 74.4 cm³/mol. The Morgan fingerprint density at radius 3 is 2.44 bits per heavy atom. The molecule has 0 bridgehead atoms. The van der Waals surface area contributed by atoms with Crippen LogP contribution in [0.15, 0.2) is 0 Å². The second kappa shape index (κ2) is 6.55. The van der Waals surface area contributed by atoms with Crippen molar-refractivity contribution >= 4 is 5.91 Å². The lowest BCUT2D eigenvalue weighted by molar-refractivity contribution is -0.136. The third-order valence-electron chi connectivity index (χ3n) is 4.43. The maximum Gasteiger partial charge on any atom is 0.225 e. The van der Waals surface area contributed by atoms with E-state index < -0.39 is 0 Å². The average Bonchev–Trinajstić information content (AvgIpc) is 3.04. The number of nitrogens with one attached hydrogen (secondary N) is 1. The van der Waals surface area contributed by atoms with Gasteiger partial charge in [-0.3, -0.25) is 4.79 Å². The number of amides is 1. The van der Waals surface area contributed by atoms with Crippen molar-refractivity contribution < 1.29 is 4.79 Å². The molecule has 2 fully saturated rings. The maximum atomic E-state index is 12.6. The quantitative estimate of drug-likeness (QED) is 0.754. The van der Waals surface area contributed by atoms with Gasteiger partial charge in [-0.1, -0.05) is 13.8 Å². The molecule has 2 aliphatic rings. The van der Waals surface area contributed by atoms with Crippen LogP contribution in [-0.4, -0.2) is 36.5 Å². The average molecular weight is 252 g/mol. The highest BCUT2D eigenvalue weighted by atomic mass is 16.2. The Hall–Kier alpha value is -0.570. The fraction of sp³-hybridized carbons (Fsp3) is 0.933. The molecular weight excluding hydrogens is 224 g/mol. The summed E-state index contributed by atoms with van der Waals surface area (Å²) in [5.74, 6) is 1.44. The molecule has 0 aromatic carbocycles. The summed E-state index contributed by atoms with van der Waals surface area (Å²) in [5, 5.41) is 3.52. The number of carbonyl (C=O) groups is 1.